The molecule has 0 aliphatic rings. The molecule has 2 aromatic rings. The topological polar surface area (TPSA) is 49.4 Å². The van der Waals surface area contributed by atoms with E-state index in [1.54, 1.807) is 23.6 Å². The Bertz CT molecular complexity index is 815. The molecule has 0 heterocycles. The summed E-state index contributed by atoms with van der Waals surface area (Å²) in [5, 5.41) is 2.99. The molecule has 0 saturated heterocycles. The van der Waals surface area contributed by atoms with Gasteiger partial charge in [-0.25, -0.2) is 0 Å². The van der Waals surface area contributed by atoms with Gasteiger partial charge in [-0.3, -0.25) is 9.59 Å². The van der Waals surface area contributed by atoms with E-state index in [2.05, 4.69) is 23.5 Å². The van der Waals surface area contributed by atoms with Crippen molar-refractivity contribution in [3.63, 3.8) is 0 Å². The minimum atomic E-state index is -0.542. The molecule has 0 saturated carbocycles. The number of hydrogen-bond donors (Lipinski definition) is 1. The number of benzene rings is 2. The van der Waals surface area contributed by atoms with Crippen LogP contribution in [0.25, 0.3) is 0 Å². The molecule has 2 aromatic carbocycles. The zero-order valence-corrected chi connectivity index (χ0v) is 18.9. The van der Waals surface area contributed by atoms with Crippen LogP contribution in [0.4, 0.5) is 0 Å². The summed E-state index contributed by atoms with van der Waals surface area (Å²) < 4.78 is 0. The van der Waals surface area contributed by atoms with Crippen molar-refractivity contribution in [2.24, 2.45) is 0 Å². The highest BCUT2D eigenvalue weighted by atomic mass is 32.2. The van der Waals surface area contributed by atoms with Crippen molar-refractivity contribution in [1.82, 2.24) is 10.2 Å². The SMILES string of the molecule is Cc1cccc(CN(C(=O)CSCc2ccccc2)C(C)C(=O)NC(C)(C)C)c1. The van der Waals surface area contributed by atoms with Gasteiger partial charge in [0, 0.05) is 17.8 Å². The van der Waals surface area contributed by atoms with Crippen LogP contribution in [0.5, 0.6) is 0 Å². The number of nitrogens with zero attached hydrogens (tertiary/aromatic N) is 1. The van der Waals surface area contributed by atoms with Crippen LogP contribution in [-0.4, -0.2) is 34.0 Å². The standard InChI is InChI=1S/C24H32N2O2S/c1-18-10-9-13-21(14-18)15-26(19(2)23(28)25-24(3,4)5)22(27)17-29-16-20-11-7-6-8-12-20/h6-14,19H,15-17H2,1-5H3,(H,25,28). The van der Waals surface area contributed by atoms with E-state index in [1.165, 1.54) is 5.56 Å². The lowest BCUT2D eigenvalue weighted by Crippen LogP contribution is -2.52. The smallest absolute Gasteiger partial charge is 0.242 e. The third kappa shape index (κ3) is 7.94. The Morgan fingerprint density at radius 3 is 2.31 bits per heavy atom. The Hall–Kier alpha value is -2.27. The molecule has 0 aromatic heterocycles. The van der Waals surface area contributed by atoms with Gasteiger partial charge in [-0.2, -0.15) is 0 Å². The lowest BCUT2D eigenvalue weighted by atomic mass is 10.1. The molecule has 0 aliphatic carbocycles. The van der Waals surface area contributed by atoms with Gasteiger partial charge in [0.25, 0.3) is 0 Å². The summed E-state index contributed by atoms with van der Waals surface area (Å²) >= 11 is 1.58. The first kappa shape index (κ1) is 23.0. The van der Waals surface area contributed by atoms with E-state index in [0.29, 0.717) is 12.3 Å². The van der Waals surface area contributed by atoms with E-state index in [1.807, 2.05) is 64.1 Å². The number of aryl methyl sites for hydroxylation is 1. The van der Waals surface area contributed by atoms with Gasteiger partial charge in [-0.05, 0) is 45.7 Å². The molecule has 4 nitrogen and oxygen atoms in total. The Morgan fingerprint density at radius 2 is 1.69 bits per heavy atom. The average molecular weight is 413 g/mol. The number of hydrogen-bond acceptors (Lipinski definition) is 3. The summed E-state index contributed by atoms with van der Waals surface area (Å²) in [6.45, 7) is 10.1. The summed E-state index contributed by atoms with van der Waals surface area (Å²) in [4.78, 5) is 27.5. The van der Waals surface area contributed by atoms with Crippen molar-refractivity contribution in [2.75, 3.05) is 5.75 Å². The lowest BCUT2D eigenvalue weighted by molar-refractivity contribution is -0.139. The van der Waals surface area contributed by atoms with Crippen molar-refractivity contribution in [3.8, 4) is 0 Å². The second-order valence-electron chi connectivity index (χ2n) is 8.40. The van der Waals surface area contributed by atoms with Gasteiger partial charge in [-0.15, -0.1) is 11.8 Å². The van der Waals surface area contributed by atoms with Gasteiger partial charge in [0.05, 0.1) is 5.75 Å². The van der Waals surface area contributed by atoms with Crippen LogP contribution in [0.1, 0.15) is 44.4 Å². The van der Waals surface area contributed by atoms with Crippen molar-refractivity contribution in [3.05, 3.63) is 71.3 Å². The minimum Gasteiger partial charge on any atom is -0.350 e. The molecular formula is C24H32N2O2S. The van der Waals surface area contributed by atoms with Crippen molar-refractivity contribution < 1.29 is 9.59 Å². The van der Waals surface area contributed by atoms with Gasteiger partial charge in [0.15, 0.2) is 0 Å². The van der Waals surface area contributed by atoms with E-state index in [9.17, 15) is 9.59 Å². The molecule has 156 valence electrons. The molecule has 1 N–H and O–H groups in total. The molecule has 2 rings (SSSR count). The molecule has 2 amide bonds. The summed E-state index contributed by atoms with van der Waals surface area (Å²) in [6.07, 6.45) is 0. The Labute approximate surface area is 179 Å². The Balaban J connectivity index is 2.09. The maximum atomic E-state index is 13.1. The van der Waals surface area contributed by atoms with Crippen LogP contribution in [0.15, 0.2) is 54.6 Å². The summed E-state index contributed by atoms with van der Waals surface area (Å²) in [5.41, 5.74) is 3.02. The first-order valence-corrected chi connectivity index (χ1v) is 11.1. The summed E-state index contributed by atoms with van der Waals surface area (Å²) in [7, 11) is 0. The van der Waals surface area contributed by atoms with E-state index in [-0.39, 0.29) is 17.4 Å². The maximum Gasteiger partial charge on any atom is 0.242 e. The zero-order chi connectivity index (χ0) is 21.4. The van der Waals surface area contributed by atoms with E-state index < -0.39 is 6.04 Å². The number of carbonyl (C=O) groups is 2. The Morgan fingerprint density at radius 1 is 1.03 bits per heavy atom. The fourth-order valence-electron chi connectivity index (χ4n) is 2.98. The van der Waals surface area contributed by atoms with Gasteiger partial charge >= 0.3 is 0 Å². The monoisotopic (exact) mass is 412 g/mol. The van der Waals surface area contributed by atoms with Crippen molar-refractivity contribution >= 4 is 23.6 Å². The quantitative estimate of drug-likeness (QED) is 0.691. The third-order valence-corrected chi connectivity index (χ3v) is 5.43. The molecule has 1 atom stereocenters. The zero-order valence-electron chi connectivity index (χ0n) is 18.1. The lowest BCUT2D eigenvalue weighted by Gasteiger charge is -2.31. The molecule has 1 unspecified atom stereocenters. The van der Waals surface area contributed by atoms with Crippen LogP contribution >= 0.6 is 11.8 Å². The predicted molar refractivity (Wildman–Crippen MR) is 122 cm³/mol. The third-order valence-electron chi connectivity index (χ3n) is 4.44. The van der Waals surface area contributed by atoms with E-state index >= 15 is 0 Å². The molecule has 0 spiro atoms. The second-order valence-corrected chi connectivity index (χ2v) is 9.39. The second kappa shape index (κ2) is 10.5. The Kier molecular flexibility index (Phi) is 8.32. The highest BCUT2D eigenvalue weighted by Gasteiger charge is 2.28. The first-order chi connectivity index (χ1) is 13.7. The largest absolute Gasteiger partial charge is 0.350 e. The molecule has 5 heteroatoms. The number of rotatable bonds is 8. The van der Waals surface area contributed by atoms with Gasteiger partial charge in [0.1, 0.15) is 6.04 Å². The minimum absolute atomic E-state index is 0.0241. The fourth-order valence-corrected chi connectivity index (χ4v) is 3.85. The van der Waals surface area contributed by atoms with Crippen molar-refractivity contribution in [1.29, 1.82) is 0 Å². The van der Waals surface area contributed by atoms with Crippen LogP contribution in [0.3, 0.4) is 0 Å². The number of carbonyl (C=O) groups excluding carboxylic acids is 2. The molecule has 0 bridgehead atoms. The van der Waals surface area contributed by atoms with Crippen LogP contribution < -0.4 is 5.32 Å². The molecule has 29 heavy (non-hydrogen) atoms. The normalized spacial score (nSPS) is 12.3. The highest BCUT2D eigenvalue weighted by Crippen LogP contribution is 2.17. The van der Waals surface area contributed by atoms with E-state index in [4.69, 9.17) is 0 Å². The predicted octanol–water partition coefficient (Wildman–Crippen LogP) is 4.56. The van der Waals surface area contributed by atoms with Gasteiger partial charge in [0.2, 0.25) is 11.8 Å². The summed E-state index contributed by atoms with van der Waals surface area (Å²) in [6, 6.07) is 17.6. The molecule has 0 radical (unpaired) electrons. The average Bonchev–Trinajstić information content (AvgIpc) is 2.65. The summed E-state index contributed by atoms with van der Waals surface area (Å²) in [5.74, 6) is 0.955. The first-order valence-electron chi connectivity index (χ1n) is 9.94. The van der Waals surface area contributed by atoms with E-state index in [0.717, 1.165) is 16.9 Å². The van der Waals surface area contributed by atoms with Crippen molar-refractivity contribution in [2.45, 2.75) is 58.5 Å². The number of nitrogens with one attached hydrogen (secondary N) is 1. The number of amides is 2. The van der Waals surface area contributed by atoms with Crippen LogP contribution in [0, 0.1) is 6.92 Å². The maximum absolute atomic E-state index is 13.1. The number of thioether (sulfide) groups is 1. The highest BCUT2D eigenvalue weighted by molar-refractivity contribution is 7.99. The fraction of sp³-hybridized carbons (Fsp3) is 0.417. The van der Waals surface area contributed by atoms with Crippen LogP contribution in [-0.2, 0) is 21.9 Å². The molecule has 0 fully saturated rings. The molecule has 0 aliphatic heterocycles. The van der Waals surface area contributed by atoms with Gasteiger partial charge in [-0.1, -0.05) is 60.2 Å². The van der Waals surface area contributed by atoms with Gasteiger partial charge < -0.3 is 10.2 Å². The molecular weight excluding hydrogens is 380 g/mol. The van der Waals surface area contributed by atoms with Crippen LogP contribution in [0.2, 0.25) is 0 Å².